The largest absolute Gasteiger partial charge is 0.480 e. The first-order chi connectivity index (χ1) is 15.8. The molecule has 2 aromatic rings. The zero-order valence-corrected chi connectivity index (χ0v) is 18.1. The number of aliphatic imine (C=N–C) groups is 1. The number of nitrogens with one attached hydrogen (secondary N) is 3. The highest BCUT2D eigenvalue weighted by molar-refractivity contribution is 5.92. The second-order valence-electron chi connectivity index (χ2n) is 7.49. The number of hydrogen-bond donors (Lipinski definition) is 7. The van der Waals surface area contributed by atoms with Gasteiger partial charge in [-0.3, -0.25) is 14.6 Å². The normalized spacial score (nSPS) is 13.4. The van der Waals surface area contributed by atoms with E-state index >= 15 is 0 Å². The van der Waals surface area contributed by atoms with E-state index in [-0.39, 0.29) is 18.8 Å². The summed E-state index contributed by atoms with van der Waals surface area (Å²) in [6.07, 6.45) is 3.86. The summed E-state index contributed by atoms with van der Waals surface area (Å²) < 4.78 is 0. The van der Waals surface area contributed by atoms with Gasteiger partial charge in [0.1, 0.15) is 12.1 Å². The number of carbonyl (C=O) groups is 3. The van der Waals surface area contributed by atoms with E-state index in [9.17, 15) is 19.5 Å². The van der Waals surface area contributed by atoms with Gasteiger partial charge in [0.15, 0.2) is 5.96 Å². The molecule has 0 saturated heterocycles. The zero-order chi connectivity index (χ0) is 24.2. The standard InChI is InChI=1S/C21H30N8O4/c22-15(7-4-8-26-21(23)24)18(30)28-16(9-13-5-2-1-3-6-13)19(31)29-17(20(32)33)10-14-11-25-12-27-14/h1-3,5-6,11-12,15-17H,4,7-10,22H2,(H,25,27)(H,28,30)(H,29,31)(H,32,33)(H4,23,24,26). The summed E-state index contributed by atoms with van der Waals surface area (Å²) in [5.41, 5.74) is 17.8. The number of carboxylic acid groups (broad SMARTS) is 1. The molecule has 1 aromatic carbocycles. The first-order valence-electron chi connectivity index (χ1n) is 10.4. The Morgan fingerprint density at radius 2 is 1.76 bits per heavy atom. The number of rotatable bonds is 13. The fraction of sp³-hybridized carbons (Fsp3) is 0.381. The van der Waals surface area contributed by atoms with Gasteiger partial charge >= 0.3 is 5.97 Å². The van der Waals surface area contributed by atoms with Crippen LogP contribution in [0.25, 0.3) is 0 Å². The molecule has 0 radical (unpaired) electrons. The number of H-pyrrole nitrogens is 1. The molecule has 1 aromatic heterocycles. The van der Waals surface area contributed by atoms with E-state index in [1.165, 1.54) is 12.5 Å². The number of imidazole rings is 1. The van der Waals surface area contributed by atoms with Gasteiger partial charge in [0, 0.05) is 31.3 Å². The second kappa shape index (κ2) is 12.8. The molecule has 10 N–H and O–H groups in total. The third kappa shape index (κ3) is 8.99. The minimum atomic E-state index is -1.21. The van der Waals surface area contributed by atoms with Gasteiger partial charge in [-0.15, -0.1) is 0 Å². The molecule has 12 heteroatoms. The van der Waals surface area contributed by atoms with Crippen molar-refractivity contribution >= 4 is 23.7 Å². The summed E-state index contributed by atoms with van der Waals surface area (Å²) in [7, 11) is 0. The number of hydrogen-bond acceptors (Lipinski definition) is 6. The fourth-order valence-corrected chi connectivity index (χ4v) is 3.08. The van der Waals surface area contributed by atoms with Gasteiger partial charge in [0.05, 0.1) is 12.4 Å². The van der Waals surface area contributed by atoms with Crippen LogP contribution in [0.15, 0.2) is 47.8 Å². The van der Waals surface area contributed by atoms with Gasteiger partial charge in [-0.05, 0) is 18.4 Å². The number of nitrogens with two attached hydrogens (primary N) is 3. The third-order valence-electron chi connectivity index (χ3n) is 4.81. The lowest BCUT2D eigenvalue weighted by Gasteiger charge is -2.23. The van der Waals surface area contributed by atoms with Gasteiger partial charge in [-0.1, -0.05) is 30.3 Å². The first kappa shape index (κ1) is 25.3. The van der Waals surface area contributed by atoms with Crippen molar-refractivity contribution in [2.45, 2.75) is 43.8 Å². The van der Waals surface area contributed by atoms with Crippen molar-refractivity contribution in [1.82, 2.24) is 20.6 Å². The molecule has 1 heterocycles. The van der Waals surface area contributed by atoms with E-state index in [0.717, 1.165) is 5.56 Å². The summed E-state index contributed by atoms with van der Waals surface area (Å²) in [6, 6.07) is 5.94. The van der Waals surface area contributed by atoms with E-state index in [1.807, 2.05) is 6.07 Å². The SMILES string of the molecule is NC(N)=NCCCC(N)C(=O)NC(Cc1ccccc1)C(=O)NC(Cc1cnc[nH]1)C(=O)O. The van der Waals surface area contributed by atoms with Crippen LogP contribution >= 0.6 is 0 Å². The van der Waals surface area contributed by atoms with Crippen LogP contribution in [0.5, 0.6) is 0 Å². The number of guanidine groups is 1. The van der Waals surface area contributed by atoms with Crippen molar-refractivity contribution in [3.63, 3.8) is 0 Å². The molecular weight excluding hydrogens is 428 g/mol. The van der Waals surface area contributed by atoms with Crippen LogP contribution in [0.3, 0.4) is 0 Å². The molecule has 12 nitrogen and oxygen atoms in total. The molecule has 0 fully saturated rings. The van der Waals surface area contributed by atoms with E-state index < -0.39 is 35.9 Å². The van der Waals surface area contributed by atoms with E-state index in [1.54, 1.807) is 24.3 Å². The highest BCUT2D eigenvalue weighted by Gasteiger charge is 2.28. The van der Waals surface area contributed by atoms with Crippen LogP contribution in [0, 0.1) is 0 Å². The molecule has 0 spiro atoms. The Kier molecular flexibility index (Phi) is 9.83. The lowest BCUT2D eigenvalue weighted by Crippen LogP contribution is -2.55. The molecule has 0 bridgehead atoms. The quantitative estimate of drug-likeness (QED) is 0.108. The molecular formula is C21H30N8O4. The number of amides is 2. The maximum absolute atomic E-state index is 13.0. The van der Waals surface area contributed by atoms with Crippen LogP contribution in [0.1, 0.15) is 24.1 Å². The van der Waals surface area contributed by atoms with Gasteiger partial charge in [-0.25, -0.2) is 9.78 Å². The van der Waals surface area contributed by atoms with Crippen LogP contribution in [0.2, 0.25) is 0 Å². The molecule has 0 saturated carbocycles. The predicted octanol–water partition coefficient (Wildman–Crippen LogP) is -1.37. The van der Waals surface area contributed by atoms with Crippen LogP contribution in [-0.4, -0.2) is 63.5 Å². The molecule has 2 amide bonds. The molecule has 0 aliphatic rings. The number of aromatic amines is 1. The second-order valence-corrected chi connectivity index (χ2v) is 7.49. The minimum Gasteiger partial charge on any atom is -0.480 e. The monoisotopic (exact) mass is 458 g/mol. The Balaban J connectivity index is 2.06. The molecule has 3 atom stereocenters. The maximum Gasteiger partial charge on any atom is 0.326 e. The van der Waals surface area contributed by atoms with E-state index in [0.29, 0.717) is 25.1 Å². The lowest BCUT2D eigenvalue weighted by atomic mass is 10.0. The number of aromatic nitrogens is 2. The van der Waals surface area contributed by atoms with Crippen LogP contribution < -0.4 is 27.8 Å². The summed E-state index contributed by atoms with van der Waals surface area (Å²) in [4.78, 5) is 47.8. The average Bonchev–Trinajstić information content (AvgIpc) is 3.29. The van der Waals surface area contributed by atoms with Crippen molar-refractivity contribution in [1.29, 1.82) is 0 Å². The van der Waals surface area contributed by atoms with Gasteiger partial charge in [0.2, 0.25) is 11.8 Å². The smallest absolute Gasteiger partial charge is 0.326 e. The number of benzene rings is 1. The molecule has 3 unspecified atom stereocenters. The predicted molar refractivity (Wildman–Crippen MR) is 122 cm³/mol. The lowest BCUT2D eigenvalue weighted by molar-refractivity contribution is -0.142. The van der Waals surface area contributed by atoms with E-state index in [2.05, 4.69) is 25.6 Å². The van der Waals surface area contributed by atoms with Gasteiger partial charge in [0.25, 0.3) is 0 Å². The fourth-order valence-electron chi connectivity index (χ4n) is 3.08. The average molecular weight is 459 g/mol. The Labute approximate surface area is 191 Å². The van der Waals surface area contributed by atoms with Crippen LogP contribution in [-0.2, 0) is 27.2 Å². The number of nitrogens with zero attached hydrogens (tertiary/aromatic N) is 2. The first-order valence-corrected chi connectivity index (χ1v) is 10.4. The zero-order valence-electron chi connectivity index (χ0n) is 18.1. The number of aliphatic carboxylic acids is 1. The Morgan fingerprint density at radius 1 is 1.06 bits per heavy atom. The molecule has 33 heavy (non-hydrogen) atoms. The van der Waals surface area contributed by atoms with Crippen LogP contribution in [0.4, 0.5) is 0 Å². The summed E-state index contributed by atoms with van der Waals surface area (Å²) in [6.45, 7) is 0.325. The summed E-state index contributed by atoms with van der Waals surface area (Å²) in [5, 5.41) is 14.7. The molecule has 2 rings (SSSR count). The maximum atomic E-state index is 13.0. The molecule has 0 aliphatic heterocycles. The van der Waals surface area contributed by atoms with Crippen molar-refractivity contribution in [2.24, 2.45) is 22.2 Å². The molecule has 178 valence electrons. The highest BCUT2D eigenvalue weighted by Crippen LogP contribution is 2.06. The number of carbonyl (C=O) groups excluding carboxylic acids is 2. The molecule has 0 aliphatic carbocycles. The Bertz CT molecular complexity index is 929. The summed E-state index contributed by atoms with van der Waals surface area (Å²) >= 11 is 0. The Hall–Kier alpha value is -3.93. The van der Waals surface area contributed by atoms with Crippen molar-refractivity contribution in [3.8, 4) is 0 Å². The van der Waals surface area contributed by atoms with Gasteiger partial charge < -0.3 is 37.9 Å². The van der Waals surface area contributed by atoms with Crippen molar-refractivity contribution in [2.75, 3.05) is 6.54 Å². The summed E-state index contributed by atoms with van der Waals surface area (Å²) in [5.74, 6) is -2.42. The minimum absolute atomic E-state index is 0.0113. The highest BCUT2D eigenvalue weighted by atomic mass is 16.4. The third-order valence-corrected chi connectivity index (χ3v) is 4.81. The van der Waals surface area contributed by atoms with Crippen molar-refractivity contribution < 1.29 is 19.5 Å². The van der Waals surface area contributed by atoms with Crippen molar-refractivity contribution in [3.05, 3.63) is 54.1 Å². The Morgan fingerprint density at radius 3 is 2.36 bits per heavy atom. The topological polar surface area (TPSA) is 215 Å². The van der Waals surface area contributed by atoms with Gasteiger partial charge in [-0.2, -0.15) is 0 Å². The number of carboxylic acids is 1. The van der Waals surface area contributed by atoms with E-state index in [4.69, 9.17) is 17.2 Å².